The summed E-state index contributed by atoms with van der Waals surface area (Å²) in [5.41, 5.74) is 1.02. The molecule has 17 heavy (non-hydrogen) atoms. The van der Waals surface area contributed by atoms with Crippen LogP contribution in [0.4, 0.5) is 0 Å². The van der Waals surface area contributed by atoms with E-state index in [1.54, 1.807) is 12.0 Å². The number of amides is 1. The van der Waals surface area contributed by atoms with Crippen molar-refractivity contribution in [1.82, 2.24) is 4.90 Å². The van der Waals surface area contributed by atoms with Gasteiger partial charge in [-0.1, -0.05) is 26.0 Å². The van der Waals surface area contributed by atoms with E-state index >= 15 is 0 Å². The fourth-order valence-corrected chi connectivity index (χ4v) is 1.70. The lowest BCUT2D eigenvalue weighted by Gasteiger charge is -2.19. The van der Waals surface area contributed by atoms with Crippen molar-refractivity contribution in [2.45, 2.75) is 20.3 Å². The van der Waals surface area contributed by atoms with Crippen LogP contribution in [0, 0.1) is 5.92 Å². The molecule has 0 radical (unpaired) electrons. The van der Waals surface area contributed by atoms with Crippen LogP contribution >= 0.6 is 0 Å². The molecule has 0 saturated heterocycles. The van der Waals surface area contributed by atoms with E-state index < -0.39 is 0 Å². The van der Waals surface area contributed by atoms with Crippen molar-refractivity contribution in [3.05, 3.63) is 29.8 Å². The minimum atomic E-state index is 0.156. The lowest BCUT2D eigenvalue weighted by Crippen LogP contribution is -2.31. The van der Waals surface area contributed by atoms with E-state index in [-0.39, 0.29) is 5.91 Å². The maximum absolute atomic E-state index is 11.9. The van der Waals surface area contributed by atoms with E-state index in [0.29, 0.717) is 12.3 Å². The van der Waals surface area contributed by atoms with Gasteiger partial charge in [-0.05, 0) is 23.6 Å². The lowest BCUT2D eigenvalue weighted by molar-refractivity contribution is -0.129. The van der Waals surface area contributed by atoms with Crippen LogP contribution in [0.2, 0.25) is 0 Å². The van der Waals surface area contributed by atoms with Crippen LogP contribution < -0.4 is 4.74 Å². The summed E-state index contributed by atoms with van der Waals surface area (Å²) in [7, 11) is 3.49. The number of hydrogen-bond donors (Lipinski definition) is 0. The number of carbonyl (C=O) groups is 1. The van der Waals surface area contributed by atoms with Gasteiger partial charge in [0, 0.05) is 13.6 Å². The second kappa shape index (κ2) is 6.28. The summed E-state index contributed by atoms with van der Waals surface area (Å²) >= 11 is 0. The van der Waals surface area contributed by atoms with Crippen molar-refractivity contribution >= 4 is 5.91 Å². The normalized spacial score (nSPS) is 10.4. The molecule has 0 heterocycles. The van der Waals surface area contributed by atoms with Gasteiger partial charge in [-0.25, -0.2) is 0 Å². The van der Waals surface area contributed by atoms with Crippen LogP contribution in [0.25, 0.3) is 0 Å². The first-order valence-electron chi connectivity index (χ1n) is 5.89. The number of ether oxygens (including phenoxy) is 1. The molecule has 0 bridgehead atoms. The predicted octanol–water partition coefficient (Wildman–Crippen LogP) is 2.35. The molecule has 1 rings (SSSR count). The molecule has 0 aliphatic rings. The fourth-order valence-electron chi connectivity index (χ4n) is 1.70. The number of benzene rings is 1. The molecule has 3 nitrogen and oxygen atoms in total. The Morgan fingerprint density at radius 1 is 1.29 bits per heavy atom. The van der Waals surface area contributed by atoms with Crippen molar-refractivity contribution in [3.63, 3.8) is 0 Å². The van der Waals surface area contributed by atoms with Gasteiger partial charge in [0.25, 0.3) is 0 Å². The highest BCUT2D eigenvalue weighted by Gasteiger charge is 2.10. The minimum absolute atomic E-state index is 0.156. The molecule has 94 valence electrons. The van der Waals surface area contributed by atoms with E-state index in [0.717, 1.165) is 17.9 Å². The summed E-state index contributed by atoms with van der Waals surface area (Å²) < 4.78 is 5.08. The maximum atomic E-state index is 11.9. The molecule has 1 aromatic carbocycles. The van der Waals surface area contributed by atoms with Gasteiger partial charge in [0.1, 0.15) is 5.75 Å². The topological polar surface area (TPSA) is 29.5 Å². The monoisotopic (exact) mass is 235 g/mol. The summed E-state index contributed by atoms with van der Waals surface area (Å²) in [6.45, 7) is 5.02. The predicted molar refractivity (Wildman–Crippen MR) is 69.2 cm³/mol. The Hall–Kier alpha value is -1.51. The van der Waals surface area contributed by atoms with Crippen LogP contribution in [-0.2, 0) is 11.2 Å². The van der Waals surface area contributed by atoms with E-state index in [1.165, 1.54) is 0 Å². The number of likely N-dealkylation sites (N-methyl/N-ethyl adjacent to an activating group) is 1. The van der Waals surface area contributed by atoms with Crippen molar-refractivity contribution in [1.29, 1.82) is 0 Å². The molecule has 0 aliphatic heterocycles. The quantitative estimate of drug-likeness (QED) is 0.784. The van der Waals surface area contributed by atoms with Crippen LogP contribution in [0.5, 0.6) is 5.75 Å². The summed E-state index contributed by atoms with van der Waals surface area (Å²) in [6.07, 6.45) is 0.452. The zero-order valence-corrected chi connectivity index (χ0v) is 11.1. The minimum Gasteiger partial charge on any atom is -0.497 e. The van der Waals surface area contributed by atoms with Crippen molar-refractivity contribution in [2.75, 3.05) is 20.7 Å². The summed E-state index contributed by atoms with van der Waals surface area (Å²) in [6, 6.07) is 7.62. The third kappa shape index (κ3) is 4.47. The zero-order chi connectivity index (χ0) is 12.8. The first-order valence-corrected chi connectivity index (χ1v) is 5.89. The average molecular weight is 235 g/mol. The van der Waals surface area contributed by atoms with Gasteiger partial charge < -0.3 is 9.64 Å². The Bertz CT molecular complexity index is 357. The van der Waals surface area contributed by atoms with Gasteiger partial charge in [-0.3, -0.25) is 4.79 Å². The van der Waals surface area contributed by atoms with Gasteiger partial charge in [0.2, 0.25) is 5.91 Å². The second-order valence-electron chi connectivity index (χ2n) is 4.69. The molecule has 0 aliphatic carbocycles. The number of rotatable bonds is 5. The maximum Gasteiger partial charge on any atom is 0.226 e. The first-order chi connectivity index (χ1) is 8.02. The highest BCUT2D eigenvalue weighted by atomic mass is 16.5. The summed E-state index contributed by atoms with van der Waals surface area (Å²) in [4.78, 5) is 13.7. The molecule has 0 fully saturated rings. The number of carbonyl (C=O) groups excluding carboxylic acids is 1. The van der Waals surface area contributed by atoms with Gasteiger partial charge in [0.05, 0.1) is 13.5 Å². The molecular weight excluding hydrogens is 214 g/mol. The first kappa shape index (κ1) is 13.6. The van der Waals surface area contributed by atoms with Gasteiger partial charge in [-0.2, -0.15) is 0 Å². The highest BCUT2D eigenvalue weighted by Crippen LogP contribution is 2.12. The van der Waals surface area contributed by atoms with Crippen molar-refractivity contribution in [3.8, 4) is 5.75 Å². The standard InChI is InChI=1S/C14H21NO2/c1-11(2)10-15(3)14(16)9-12-5-7-13(17-4)8-6-12/h5-8,11H,9-10H2,1-4H3. The van der Waals surface area contributed by atoms with Crippen LogP contribution in [-0.4, -0.2) is 31.5 Å². The van der Waals surface area contributed by atoms with Crippen molar-refractivity contribution < 1.29 is 9.53 Å². The summed E-state index contributed by atoms with van der Waals surface area (Å²) in [5.74, 6) is 1.47. The molecule has 0 N–H and O–H groups in total. The van der Waals surface area contributed by atoms with E-state index in [1.807, 2.05) is 31.3 Å². The Balaban J connectivity index is 2.55. The molecule has 1 amide bonds. The average Bonchev–Trinajstić information content (AvgIpc) is 2.29. The molecule has 0 atom stereocenters. The van der Waals surface area contributed by atoms with Crippen molar-refractivity contribution in [2.24, 2.45) is 5.92 Å². The molecule has 0 saturated carbocycles. The number of methoxy groups -OCH3 is 1. The largest absolute Gasteiger partial charge is 0.497 e. The SMILES string of the molecule is COc1ccc(CC(=O)N(C)CC(C)C)cc1. The fraction of sp³-hybridized carbons (Fsp3) is 0.500. The second-order valence-corrected chi connectivity index (χ2v) is 4.69. The van der Waals surface area contributed by atoms with Crippen LogP contribution in [0.1, 0.15) is 19.4 Å². The van der Waals surface area contributed by atoms with E-state index in [9.17, 15) is 4.79 Å². The zero-order valence-electron chi connectivity index (χ0n) is 11.1. The lowest BCUT2D eigenvalue weighted by atomic mass is 10.1. The molecule has 3 heteroatoms. The molecule has 1 aromatic rings. The van der Waals surface area contributed by atoms with Crippen LogP contribution in [0.15, 0.2) is 24.3 Å². The van der Waals surface area contributed by atoms with Crippen LogP contribution in [0.3, 0.4) is 0 Å². The Morgan fingerprint density at radius 2 is 1.88 bits per heavy atom. The van der Waals surface area contributed by atoms with Gasteiger partial charge in [-0.15, -0.1) is 0 Å². The number of hydrogen-bond acceptors (Lipinski definition) is 2. The molecular formula is C14H21NO2. The molecule has 0 unspecified atom stereocenters. The Kier molecular flexibility index (Phi) is 5.01. The third-order valence-electron chi connectivity index (χ3n) is 2.58. The highest BCUT2D eigenvalue weighted by molar-refractivity contribution is 5.78. The van der Waals surface area contributed by atoms with Gasteiger partial charge >= 0.3 is 0 Å². The Morgan fingerprint density at radius 3 is 2.35 bits per heavy atom. The smallest absolute Gasteiger partial charge is 0.226 e. The van der Waals surface area contributed by atoms with Gasteiger partial charge in [0.15, 0.2) is 0 Å². The molecule has 0 aromatic heterocycles. The van der Waals surface area contributed by atoms with E-state index in [4.69, 9.17) is 4.74 Å². The third-order valence-corrected chi connectivity index (χ3v) is 2.58. The molecule has 0 spiro atoms. The Labute approximate surface area is 103 Å². The van der Waals surface area contributed by atoms with E-state index in [2.05, 4.69) is 13.8 Å². The summed E-state index contributed by atoms with van der Waals surface area (Å²) in [5, 5.41) is 0. The number of nitrogens with zero attached hydrogens (tertiary/aromatic N) is 1.